The molecule has 0 fully saturated rings. The Morgan fingerprint density at radius 3 is 2.79 bits per heavy atom. The lowest BCUT2D eigenvalue weighted by molar-refractivity contribution is -0.116. The molecule has 0 atom stereocenters. The van der Waals surface area contributed by atoms with E-state index in [4.69, 9.17) is 0 Å². The van der Waals surface area contributed by atoms with Gasteiger partial charge in [-0.25, -0.2) is 0 Å². The molecule has 19 heavy (non-hydrogen) atoms. The van der Waals surface area contributed by atoms with Gasteiger partial charge in [0, 0.05) is 12.8 Å². The van der Waals surface area contributed by atoms with Crippen LogP contribution >= 0.6 is 22.7 Å². The number of carbonyl (C=O) groups is 2. The van der Waals surface area contributed by atoms with E-state index < -0.39 is 0 Å². The van der Waals surface area contributed by atoms with Gasteiger partial charge in [0.1, 0.15) is 5.01 Å². The highest BCUT2D eigenvalue weighted by molar-refractivity contribution is 7.15. The van der Waals surface area contributed by atoms with Crippen LogP contribution in [0.1, 0.15) is 34.4 Å². The van der Waals surface area contributed by atoms with Crippen molar-refractivity contribution in [2.75, 3.05) is 5.32 Å². The van der Waals surface area contributed by atoms with E-state index in [0.29, 0.717) is 10.0 Å². The van der Waals surface area contributed by atoms with Crippen LogP contribution in [-0.4, -0.2) is 21.9 Å². The van der Waals surface area contributed by atoms with Gasteiger partial charge >= 0.3 is 0 Å². The summed E-state index contributed by atoms with van der Waals surface area (Å²) >= 11 is 2.75. The molecule has 100 valence electrons. The minimum Gasteiger partial charge on any atom is -0.301 e. The van der Waals surface area contributed by atoms with Crippen molar-refractivity contribution in [2.24, 2.45) is 0 Å². The molecule has 0 radical (unpaired) electrons. The second kappa shape index (κ2) is 6.53. The summed E-state index contributed by atoms with van der Waals surface area (Å²) in [5, 5.41) is 13.6. The third-order valence-corrected chi connectivity index (χ3v) is 4.28. The van der Waals surface area contributed by atoms with E-state index >= 15 is 0 Å². The third-order valence-electron chi connectivity index (χ3n) is 2.39. The first-order chi connectivity index (χ1) is 9.19. The van der Waals surface area contributed by atoms with Gasteiger partial charge in [0.15, 0.2) is 5.78 Å². The molecule has 5 nitrogen and oxygen atoms in total. The predicted molar refractivity (Wildman–Crippen MR) is 75.8 cm³/mol. The van der Waals surface area contributed by atoms with Crippen LogP contribution in [0.4, 0.5) is 5.13 Å². The SMILES string of the molecule is CCc1nnc(NC(=O)CCC(=O)c2cccs2)s1. The van der Waals surface area contributed by atoms with Gasteiger partial charge in [0.05, 0.1) is 4.88 Å². The number of aromatic nitrogens is 2. The van der Waals surface area contributed by atoms with Gasteiger partial charge < -0.3 is 5.32 Å². The number of rotatable bonds is 6. The third kappa shape index (κ3) is 3.93. The number of aryl methyl sites for hydroxylation is 1. The highest BCUT2D eigenvalue weighted by atomic mass is 32.1. The number of hydrogen-bond acceptors (Lipinski definition) is 6. The fraction of sp³-hybridized carbons (Fsp3) is 0.333. The molecular formula is C12H13N3O2S2. The maximum absolute atomic E-state index is 11.7. The van der Waals surface area contributed by atoms with E-state index in [1.807, 2.05) is 18.4 Å². The number of thiophene rings is 1. The van der Waals surface area contributed by atoms with Crippen LogP contribution in [-0.2, 0) is 11.2 Å². The number of nitrogens with zero attached hydrogens (tertiary/aromatic N) is 2. The fourth-order valence-corrected chi connectivity index (χ4v) is 2.81. The summed E-state index contributed by atoms with van der Waals surface area (Å²) in [5.41, 5.74) is 0. The van der Waals surface area contributed by atoms with Crippen LogP contribution in [0.25, 0.3) is 0 Å². The Hall–Kier alpha value is -1.60. The van der Waals surface area contributed by atoms with Gasteiger partial charge in [-0.1, -0.05) is 24.3 Å². The Morgan fingerprint density at radius 1 is 1.32 bits per heavy atom. The molecule has 2 aromatic rings. The maximum atomic E-state index is 11.7. The summed E-state index contributed by atoms with van der Waals surface area (Å²) in [6.07, 6.45) is 1.17. The van der Waals surface area contributed by atoms with Crippen molar-refractivity contribution < 1.29 is 9.59 Å². The fourth-order valence-electron chi connectivity index (χ4n) is 1.42. The summed E-state index contributed by atoms with van der Waals surface area (Å²) in [7, 11) is 0. The molecule has 7 heteroatoms. The van der Waals surface area contributed by atoms with Crippen LogP contribution in [0, 0.1) is 0 Å². The van der Waals surface area contributed by atoms with Crippen LogP contribution in [0.15, 0.2) is 17.5 Å². The lowest BCUT2D eigenvalue weighted by atomic mass is 10.2. The predicted octanol–water partition coefficient (Wildman–Crippen LogP) is 2.76. The first-order valence-corrected chi connectivity index (χ1v) is 7.57. The number of nitrogens with one attached hydrogen (secondary N) is 1. The van der Waals surface area contributed by atoms with Crippen molar-refractivity contribution in [3.8, 4) is 0 Å². The molecule has 0 unspecified atom stereocenters. The smallest absolute Gasteiger partial charge is 0.226 e. The van der Waals surface area contributed by atoms with E-state index in [9.17, 15) is 9.59 Å². The normalized spacial score (nSPS) is 10.4. The van der Waals surface area contributed by atoms with Crippen molar-refractivity contribution >= 4 is 39.5 Å². The van der Waals surface area contributed by atoms with E-state index in [1.54, 1.807) is 6.07 Å². The minimum absolute atomic E-state index is 0.00309. The summed E-state index contributed by atoms with van der Waals surface area (Å²) < 4.78 is 0. The summed E-state index contributed by atoms with van der Waals surface area (Å²) in [4.78, 5) is 24.1. The molecular weight excluding hydrogens is 282 g/mol. The van der Waals surface area contributed by atoms with Gasteiger partial charge in [-0.2, -0.15) is 0 Å². The lowest BCUT2D eigenvalue weighted by Gasteiger charge is -1.99. The number of amides is 1. The van der Waals surface area contributed by atoms with Crippen LogP contribution in [0.2, 0.25) is 0 Å². The van der Waals surface area contributed by atoms with Crippen LogP contribution in [0.3, 0.4) is 0 Å². The number of anilines is 1. The maximum Gasteiger partial charge on any atom is 0.226 e. The van der Waals surface area contributed by atoms with Crippen molar-refractivity contribution in [2.45, 2.75) is 26.2 Å². The average Bonchev–Trinajstić information content (AvgIpc) is 3.06. The molecule has 0 aliphatic rings. The Bertz CT molecular complexity index is 563. The van der Waals surface area contributed by atoms with E-state index in [-0.39, 0.29) is 24.5 Å². The molecule has 0 spiro atoms. The molecule has 1 amide bonds. The zero-order chi connectivity index (χ0) is 13.7. The topological polar surface area (TPSA) is 72.0 Å². The summed E-state index contributed by atoms with van der Waals surface area (Å²) in [5.74, 6) is -0.208. The van der Waals surface area contributed by atoms with E-state index in [1.165, 1.54) is 22.7 Å². The van der Waals surface area contributed by atoms with Crippen molar-refractivity contribution in [3.05, 3.63) is 27.4 Å². The number of Topliss-reactive ketones (excluding diaryl/α,β-unsaturated/α-hetero) is 1. The molecule has 2 aromatic heterocycles. The molecule has 2 heterocycles. The van der Waals surface area contributed by atoms with Crippen molar-refractivity contribution in [3.63, 3.8) is 0 Å². The Morgan fingerprint density at radius 2 is 2.16 bits per heavy atom. The van der Waals surface area contributed by atoms with Gasteiger partial charge in [-0.05, 0) is 17.9 Å². The van der Waals surface area contributed by atoms with Crippen LogP contribution in [0.5, 0.6) is 0 Å². The molecule has 0 aromatic carbocycles. The second-order valence-electron chi connectivity index (χ2n) is 3.80. The van der Waals surface area contributed by atoms with Gasteiger partial charge in [-0.15, -0.1) is 21.5 Å². The lowest BCUT2D eigenvalue weighted by Crippen LogP contribution is -2.13. The number of carbonyl (C=O) groups excluding carboxylic acids is 2. The molecule has 0 saturated carbocycles. The number of ketones is 1. The van der Waals surface area contributed by atoms with Crippen molar-refractivity contribution in [1.82, 2.24) is 10.2 Å². The second-order valence-corrected chi connectivity index (χ2v) is 5.81. The highest BCUT2D eigenvalue weighted by Gasteiger charge is 2.11. The molecule has 0 saturated heterocycles. The molecule has 0 aliphatic carbocycles. The van der Waals surface area contributed by atoms with Crippen LogP contribution < -0.4 is 5.32 Å². The molecule has 0 bridgehead atoms. The molecule has 0 aliphatic heterocycles. The largest absolute Gasteiger partial charge is 0.301 e. The average molecular weight is 295 g/mol. The Balaban J connectivity index is 1.80. The standard InChI is InChI=1S/C12H13N3O2S2/c1-2-11-14-15-12(19-11)13-10(17)6-5-8(16)9-4-3-7-18-9/h3-4,7H,2,5-6H2,1H3,(H,13,15,17). The monoisotopic (exact) mass is 295 g/mol. The van der Waals surface area contributed by atoms with Gasteiger partial charge in [-0.3, -0.25) is 9.59 Å². The molecule has 2 rings (SSSR count). The first-order valence-electron chi connectivity index (χ1n) is 5.88. The quantitative estimate of drug-likeness (QED) is 0.832. The Kier molecular flexibility index (Phi) is 4.75. The minimum atomic E-state index is -0.205. The van der Waals surface area contributed by atoms with E-state index in [2.05, 4.69) is 15.5 Å². The van der Waals surface area contributed by atoms with Gasteiger partial charge in [0.25, 0.3) is 0 Å². The van der Waals surface area contributed by atoms with E-state index in [0.717, 1.165) is 11.4 Å². The molecule has 1 N–H and O–H groups in total. The zero-order valence-corrected chi connectivity index (χ0v) is 12.0. The summed E-state index contributed by atoms with van der Waals surface area (Å²) in [6.45, 7) is 1.98. The van der Waals surface area contributed by atoms with Crippen molar-refractivity contribution in [1.29, 1.82) is 0 Å². The first kappa shape index (κ1) is 13.8. The Labute approximate surface area is 118 Å². The van der Waals surface area contributed by atoms with Gasteiger partial charge in [0.2, 0.25) is 11.0 Å². The number of hydrogen-bond donors (Lipinski definition) is 1. The highest BCUT2D eigenvalue weighted by Crippen LogP contribution is 2.16. The zero-order valence-electron chi connectivity index (χ0n) is 10.4. The summed E-state index contributed by atoms with van der Waals surface area (Å²) in [6, 6.07) is 3.59.